The lowest BCUT2D eigenvalue weighted by Crippen LogP contribution is -2.27. The van der Waals surface area contributed by atoms with E-state index >= 15 is 0 Å². The van der Waals surface area contributed by atoms with Gasteiger partial charge in [0, 0.05) is 36.7 Å². The first-order valence-corrected chi connectivity index (χ1v) is 8.77. The lowest BCUT2D eigenvalue weighted by molar-refractivity contribution is -0.111. The van der Waals surface area contributed by atoms with Gasteiger partial charge in [0.05, 0.1) is 5.69 Å². The molecule has 2 N–H and O–H groups in total. The fourth-order valence-electron chi connectivity index (χ4n) is 2.92. The van der Waals surface area contributed by atoms with E-state index in [9.17, 15) is 9.59 Å². The SMILES string of the molecule is O=C(/C=C/c1c(Cl)nc2ccccn12)Nc1ccc(N2CCNC2=O)cc1. The third-order valence-electron chi connectivity index (χ3n) is 4.22. The van der Waals surface area contributed by atoms with E-state index in [-0.39, 0.29) is 11.9 Å². The van der Waals surface area contributed by atoms with Crippen LogP contribution in [-0.2, 0) is 4.79 Å². The molecule has 0 aliphatic carbocycles. The number of imidazole rings is 1. The van der Waals surface area contributed by atoms with E-state index in [1.165, 1.54) is 6.08 Å². The predicted octanol–water partition coefficient (Wildman–Crippen LogP) is 3.17. The Bertz CT molecular complexity index is 1040. The highest BCUT2D eigenvalue weighted by atomic mass is 35.5. The number of urea groups is 1. The first-order chi connectivity index (χ1) is 13.1. The zero-order valence-corrected chi connectivity index (χ0v) is 15.0. The van der Waals surface area contributed by atoms with Crippen molar-refractivity contribution in [2.24, 2.45) is 0 Å². The Hall–Kier alpha value is -3.32. The predicted molar refractivity (Wildman–Crippen MR) is 105 cm³/mol. The van der Waals surface area contributed by atoms with Crippen molar-refractivity contribution in [2.45, 2.75) is 0 Å². The van der Waals surface area contributed by atoms with Crippen molar-refractivity contribution in [3.05, 3.63) is 65.6 Å². The number of nitrogens with one attached hydrogen (secondary N) is 2. The molecule has 0 atom stereocenters. The largest absolute Gasteiger partial charge is 0.336 e. The highest BCUT2D eigenvalue weighted by molar-refractivity contribution is 6.31. The average Bonchev–Trinajstić information content (AvgIpc) is 3.23. The number of fused-ring (bicyclic) bond motifs is 1. The normalized spacial score (nSPS) is 14.1. The summed E-state index contributed by atoms with van der Waals surface area (Å²) in [4.78, 5) is 29.8. The summed E-state index contributed by atoms with van der Waals surface area (Å²) in [5.74, 6) is -0.288. The molecule has 8 heteroatoms. The van der Waals surface area contributed by atoms with Crippen LogP contribution in [0.25, 0.3) is 11.7 Å². The molecule has 3 heterocycles. The number of amides is 3. The summed E-state index contributed by atoms with van der Waals surface area (Å²) < 4.78 is 1.81. The zero-order valence-electron chi connectivity index (χ0n) is 14.2. The summed E-state index contributed by atoms with van der Waals surface area (Å²) in [6, 6.07) is 12.6. The minimum absolute atomic E-state index is 0.111. The molecule has 0 spiro atoms. The standard InChI is InChI=1S/C19H16ClN5O2/c20-18-15(25-11-2-1-3-16(25)23-18)8-9-17(26)22-13-4-6-14(7-5-13)24-12-10-21-19(24)27/h1-9,11H,10,12H2,(H,21,27)(H,22,26)/b9-8+. The van der Waals surface area contributed by atoms with Crippen molar-refractivity contribution in [1.82, 2.24) is 14.7 Å². The van der Waals surface area contributed by atoms with Crippen LogP contribution >= 0.6 is 11.6 Å². The first-order valence-electron chi connectivity index (χ1n) is 8.39. The highest BCUT2D eigenvalue weighted by Gasteiger charge is 2.20. The van der Waals surface area contributed by atoms with Crippen LogP contribution in [0.1, 0.15) is 5.69 Å². The Morgan fingerprint density at radius 1 is 1.22 bits per heavy atom. The van der Waals surface area contributed by atoms with Gasteiger partial charge in [-0.3, -0.25) is 14.1 Å². The minimum Gasteiger partial charge on any atom is -0.336 e. The Morgan fingerprint density at radius 3 is 2.78 bits per heavy atom. The molecule has 0 saturated carbocycles. The number of carbonyl (C=O) groups is 2. The van der Waals surface area contributed by atoms with E-state index in [1.54, 1.807) is 35.2 Å². The fourth-order valence-corrected chi connectivity index (χ4v) is 3.16. The van der Waals surface area contributed by atoms with E-state index in [2.05, 4.69) is 15.6 Å². The van der Waals surface area contributed by atoms with Gasteiger partial charge >= 0.3 is 6.03 Å². The van der Waals surface area contributed by atoms with Gasteiger partial charge in [-0.1, -0.05) is 17.7 Å². The van der Waals surface area contributed by atoms with Gasteiger partial charge in [0.1, 0.15) is 5.65 Å². The number of halogens is 1. The Labute approximate surface area is 160 Å². The Morgan fingerprint density at radius 2 is 2.04 bits per heavy atom. The fraction of sp³-hybridized carbons (Fsp3) is 0.105. The number of hydrogen-bond acceptors (Lipinski definition) is 3. The maximum atomic E-state index is 12.2. The van der Waals surface area contributed by atoms with Crippen LogP contribution in [0.5, 0.6) is 0 Å². The number of anilines is 2. The molecule has 7 nitrogen and oxygen atoms in total. The molecule has 4 rings (SSSR count). The molecule has 0 bridgehead atoms. The lowest BCUT2D eigenvalue weighted by Gasteiger charge is -2.14. The molecule has 0 radical (unpaired) electrons. The third-order valence-corrected chi connectivity index (χ3v) is 4.50. The summed E-state index contributed by atoms with van der Waals surface area (Å²) in [6.07, 6.45) is 4.86. The van der Waals surface area contributed by atoms with Crippen LogP contribution in [0, 0.1) is 0 Å². The van der Waals surface area contributed by atoms with Gasteiger partial charge < -0.3 is 10.6 Å². The van der Waals surface area contributed by atoms with Gasteiger partial charge in [-0.25, -0.2) is 9.78 Å². The van der Waals surface area contributed by atoms with E-state index < -0.39 is 0 Å². The molecule has 3 amide bonds. The molecule has 1 fully saturated rings. The van der Waals surface area contributed by atoms with Crippen molar-refractivity contribution in [3.8, 4) is 0 Å². The van der Waals surface area contributed by atoms with Crippen LogP contribution < -0.4 is 15.5 Å². The van der Waals surface area contributed by atoms with Crippen molar-refractivity contribution < 1.29 is 9.59 Å². The van der Waals surface area contributed by atoms with Crippen LogP contribution in [0.15, 0.2) is 54.7 Å². The second kappa shape index (κ2) is 7.13. The topological polar surface area (TPSA) is 78.7 Å². The van der Waals surface area contributed by atoms with Gasteiger partial charge in [-0.05, 0) is 42.5 Å². The molecular weight excluding hydrogens is 366 g/mol. The van der Waals surface area contributed by atoms with E-state index in [0.29, 0.717) is 35.3 Å². The molecule has 1 aromatic carbocycles. The number of carbonyl (C=O) groups excluding carboxylic acids is 2. The summed E-state index contributed by atoms with van der Waals surface area (Å²) in [5, 5.41) is 5.87. The molecule has 136 valence electrons. The lowest BCUT2D eigenvalue weighted by atomic mass is 10.2. The van der Waals surface area contributed by atoms with Gasteiger partial charge in [0.2, 0.25) is 5.91 Å². The molecule has 1 aliphatic heterocycles. The Balaban J connectivity index is 1.45. The second-order valence-corrected chi connectivity index (χ2v) is 6.33. The summed E-state index contributed by atoms with van der Waals surface area (Å²) in [6.45, 7) is 1.27. The molecule has 27 heavy (non-hydrogen) atoms. The molecule has 0 unspecified atom stereocenters. The third kappa shape index (κ3) is 3.50. The van der Waals surface area contributed by atoms with Crippen molar-refractivity contribution in [2.75, 3.05) is 23.3 Å². The smallest absolute Gasteiger partial charge is 0.321 e. The zero-order chi connectivity index (χ0) is 18.8. The number of hydrogen-bond donors (Lipinski definition) is 2. The van der Waals surface area contributed by atoms with Crippen LogP contribution in [0.2, 0.25) is 5.15 Å². The number of benzene rings is 1. The Kier molecular flexibility index (Phi) is 4.52. The van der Waals surface area contributed by atoms with Gasteiger partial charge in [0.15, 0.2) is 5.15 Å². The monoisotopic (exact) mass is 381 g/mol. The highest BCUT2D eigenvalue weighted by Crippen LogP contribution is 2.21. The quantitative estimate of drug-likeness (QED) is 0.681. The number of rotatable bonds is 4. The summed E-state index contributed by atoms with van der Waals surface area (Å²) in [7, 11) is 0. The maximum Gasteiger partial charge on any atom is 0.321 e. The number of aromatic nitrogens is 2. The summed E-state index contributed by atoms with van der Waals surface area (Å²) in [5.41, 5.74) is 2.77. The van der Waals surface area contributed by atoms with E-state index in [4.69, 9.17) is 11.6 Å². The van der Waals surface area contributed by atoms with E-state index in [0.717, 1.165) is 5.69 Å². The molecule has 2 aromatic heterocycles. The average molecular weight is 382 g/mol. The molecule has 1 aliphatic rings. The molecule has 1 saturated heterocycles. The van der Waals surface area contributed by atoms with Gasteiger partial charge in [-0.2, -0.15) is 0 Å². The van der Waals surface area contributed by atoms with Gasteiger partial charge in [0.25, 0.3) is 0 Å². The van der Waals surface area contributed by atoms with Crippen LogP contribution in [-0.4, -0.2) is 34.4 Å². The number of nitrogens with zero attached hydrogens (tertiary/aromatic N) is 3. The molecular formula is C19H16ClN5O2. The van der Waals surface area contributed by atoms with Crippen molar-refractivity contribution >= 4 is 46.6 Å². The number of pyridine rings is 1. The molecule has 3 aromatic rings. The minimum atomic E-state index is -0.288. The second-order valence-electron chi connectivity index (χ2n) is 5.97. The first kappa shape index (κ1) is 17.1. The van der Waals surface area contributed by atoms with Gasteiger partial charge in [-0.15, -0.1) is 0 Å². The van der Waals surface area contributed by atoms with Crippen LogP contribution in [0.4, 0.5) is 16.2 Å². The maximum absolute atomic E-state index is 12.2. The summed E-state index contributed by atoms with van der Waals surface area (Å²) >= 11 is 6.15. The van der Waals surface area contributed by atoms with Crippen LogP contribution in [0.3, 0.4) is 0 Å². The van der Waals surface area contributed by atoms with Crippen molar-refractivity contribution in [1.29, 1.82) is 0 Å². The van der Waals surface area contributed by atoms with Crippen molar-refractivity contribution in [3.63, 3.8) is 0 Å². The van der Waals surface area contributed by atoms with E-state index in [1.807, 2.05) is 28.8 Å².